The second kappa shape index (κ2) is 10.9. The van der Waals surface area contributed by atoms with Crippen molar-refractivity contribution in [2.75, 3.05) is 17.2 Å². The lowest BCUT2D eigenvalue weighted by Gasteiger charge is -2.25. The number of hydrogen-bond donors (Lipinski definition) is 5. The van der Waals surface area contributed by atoms with Crippen LogP contribution in [0.15, 0.2) is 36.5 Å². The van der Waals surface area contributed by atoms with Crippen molar-refractivity contribution in [3.8, 4) is 10.6 Å². The number of aryl methyl sites for hydroxylation is 3. The van der Waals surface area contributed by atoms with Crippen molar-refractivity contribution in [2.24, 2.45) is 5.92 Å². The van der Waals surface area contributed by atoms with Gasteiger partial charge in [0.25, 0.3) is 0 Å². The molecule has 0 bridgehead atoms. The molecule has 0 spiro atoms. The molecule has 3 heterocycles. The van der Waals surface area contributed by atoms with Crippen LogP contribution in [-0.4, -0.2) is 66.3 Å². The van der Waals surface area contributed by atoms with Crippen LogP contribution in [0.5, 0.6) is 0 Å². The fourth-order valence-corrected chi connectivity index (χ4v) is 6.20. The normalized spacial score (nSPS) is 22.0. The molecule has 1 aliphatic carbocycles. The first kappa shape index (κ1) is 28.1. The number of fused-ring (bicyclic) bond motifs is 1. The Labute approximate surface area is 232 Å². The van der Waals surface area contributed by atoms with Crippen molar-refractivity contribution in [2.45, 2.75) is 57.7 Å². The third-order valence-electron chi connectivity index (χ3n) is 7.25. The first-order valence-corrected chi connectivity index (χ1v) is 13.5. The number of halogens is 3. The maximum atomic E-state index is 14.2. The Morgan fingerprint density at radius 2 is 1.77 bits per heavy atom. The van der Waals surface area contributed by atoms with Gasteiger partial charge in [-0.15, -0.1) is 11.3 Å². The van der Waals surface area contributed by atoms with E-state index in [1.54, 1.807) is 38.2 Å². The van der Waals surface area contributed by atoms with Crippen LogP contribution in [0.3, 0.4) is 0 Å². The summed E-state index contributed by atoms with van der Waals surface area (Å²) in [6, 6.07) is 5.25. The van der Waals surface area contributed by atoms with Gasteiger partial charge in [-0.1, -0.05) is 24.3 Å². The average Bonchev–Trinajstić information content (AvgIpc) is 3.44. The monoisotopic (exact) mass is 574 g/mol. The Kier molecular flexibility index (Phi) is 7.66. The summed E-state index contributed by atoms with van der Waals surface area (Å²) in [4.78, 5) is 17.8. The zero-order chi connectivity index (χ0) is 28.8. The number of aromatic nitrogens is 4. The highest BCUT2D eigenvalue weighted by atomic mass is 32.1. The summed E-state index contributed by atoms with van der Waals surface area (Å²) in [5, 5.41) is 36.7. The number of thiazole rings is 1. The van der Waals surface area contributed by atoms with Gasteiger partial charge in [0.15, 0.2) is 6.04 Å². The molecule has 0 amide bonds. The highest BCUT2D eigenvalue weighted by Crippen LogP contribution is 2.40. The fourth-order valence-electron chi connectivity index (χ4n) is 5.09. The molecular formula is C27H29F3N6O3S. The van der Waals surface area contributed by atoms with Crippen LogP contribution in [0.25, 0.3) is 20.8 Å². The maximum absolute atomic E-state index is 14.2. The van der Waals surface area contributed by atoms with E-state index in [9.17, 15) is 28.5 Å². The molecule has 0 radical (unpaired) electrons. The lowest BCUT2D eigenvalue weighted by Crippen LogP contribution is -2.36. The van der Waals surface area contributed by atoms with E-state index in [0.29, 0.717) is 27.3 Å². The molecule has 40 heavy (non-hydrogen) atoms. The number of alkyl halides is 3. The Hall–Kier alpha value is -3.39. The van der Waals surface area contributed by atoms with Crippen LogP contribution < -0.4 is 10.6 Å². The van der Waals surface area contributed by atoms with Crippen molar-refractivity contribution in [1.82, 2.24) is 19.9 Å². The van der Waals surface area contributed by atoms with E-state index in [1.165, 1.54) is 17.4 Å². The Morgan fingerprint density at radius 1 is 1.02 bits per heavy atom. The van der Waals surface area contributed by atoms with Crippen LogP contribution in [0.1, 0.15) is 35.0 Å². The van der Waals surface area contributed by atoms with E-state index in [4.69, 9.17) is 4.98 Å². The first-order valence-electron chi connectivity index (χ1n) is 12.7. The molecule has 1 fully saturated rings. The highest BCUT2D eigenvalue weighted by Gasteiger charge is 2.43. The van der Waals surface area contributed by atoms with Crippen molar-refractivity contribution >= 4 is 33.3 Å². The van der Waals surface area contributed by atoms with Gasteiger partial charge in [-0.25, -0.2) is 9.97 Å². The van der Waals surface area contributed by atoms with Gasteiger partial charge in [-0.2, -0.15) is 18.2 Å². The molecule has 9 nitrogen and oxygen atoms in total. The fraction of sp³-hybridized carbons (Fsp3) is 0.407. The van der Waals surface area contributed by atoms with E-state index in [2.05, 4.69) is 25.6 Å². The third kappa shape index (κ3) is 5.33. The summed E-state index contributed by atoms with van der Waals surface area (Å²) >= 11 is 1.36. The van der Waals surface area contributed by atoms with Gasteiger partial charge in [0, 0.05) is 18.7 Å². The summed E-state index contributed by atoms with van der Waals surface area (Å²) < 4.78 is 43.6. The summed E-state index contributed by atoms with van der Waals surface area (Å²) in [5.74, 6) is -0.677. The maximum Gasteiger partial charge on any atom is 0.412 e. The Morgan fingerprint density at radius 3 is 2.42 bits per heavy atom. The number of rotatable bonds is 7. The molecule has 212 valence electrons. The van der Waals surface area contributed by atoms with E-state index < -0.39 is 36.4 Å². The predicted octanol–water partition coefficient (Wildman–Crippen LogP) is 4.30. The summed E-state index contributed by atoms with van der Waals surface area (Å²) in [7, 11) is 0. The molecule has 1 saturated carbocycles. The topological polar surface area (TPSA) is 136 Å². The molecule has 5 N–H and O–H groups in total. The SMILES string of the molecule is Cc1ccccc1[C@H](Nc1nc(C)c(-c2nc3c(C)nccc3s2)c(N[C@@H]2C[C@H](CO)[C@@H](O)[C@H]2O)n1)C(F)(F)F. The summed E-state index contributed by atoms with van der Waals surface area (Å²) in [5.41, 5.74) is 2.73. The minimum absolute atomic E-state index is 0.0455. The number of anilines is 2. The second-order valence-electron chi connectivity index (χ2n) is 10.0. The average molecular weight is 575 g/mol. The largest absolute Gasteiger partial charge is 0.412 e. The predicted molar refractivity (Wildman–Crippen MR) is 146 cm³/mol. The third-order valence-corrected chi connectivity index (χ3v) is 8.29. The zero-order valence-corrected chi connectivity index (χ0v) is 22.8. The molecule has 5 rings (SSSR count). The van der Waals surface area contributed by atoms with E-state index in [-0.39, 0.29) is 30.4 Å². The molecule has 0 aliphatic heterocycles. The molecule has 1 aliphatic rings. The number of hydrogen-bond acceptors (Lipinski definition) is 10. The van der Waals surface area contributed by atoms with Crippen LogP contribution in [-0.2, 0) is 0 Å². The van der Waals surface area contributed by atoms with Crippen LogP contribution in [0.2, 0.25) is 0 Å². The molecule has 1 aromatic carbocycles. The van der Waals surface area contributed by atoms with Gasteiger partial charge in [-0.3, -0.25) is 4.98 Å². The standard InChI is InChI=1S/C27H29F3N6O3S/c1-12-6-4-5-7-16(12)23(27(28,29)30)35-26-32-13(2)19(25-34-20-14(3)31-9-8-18(20)40-25)24(36-26)33-17-10-15(11-37)21(38)22(17)39/h4-9,15,17,21-23,37-39H,10-11H2,1-3H3,(H2,32,33,35,36)/t15-,17-,21-,22+,23+/m1/s1. The lowest BCUT2D eigenvalue weighted by atomic mass is 10.0. The zero-order valence-electron chi connectivity index (χ0n) is 21.9. The Balaban J connectivity index is 1.60. The van der Waals surface area contributed by atoms with Crippen LogP contribution >= 0.6 is 11.3 Å². The molecule has 5 atom stereocenters. The van der Waals surface area contributed by atoms with Crippen LogP contribution in [0.4, 0.5) is 24.9 Å². The number of pyridine rings is 1. The van der Waals surface area contributed by atoms with Crippen LogP contribution in [0, 0.1) is 26.7 Å². The van der Waals surface area contributed by atoms with Gasteiger partial charge in [0.05, 0.1) is 33.8 Å². The van der Waals surface area contributed by atoms with Gasteiger partial charge >= 0.3 is 6.18 Å². The smallest absolute Gasteiger partial charge is 0.396 e. The second-order valence-corrected chi connectivity index (χ2v) is 11.0. The van der Waals surface area contributed by atoms with Gasteiger partial charge in [-0.05, 0) is 44.4 Å². The molecular weight excluding hydrogens is 545 g/mol. The number of aliphatic hydroxyl groups is 3. The van der Waals surface area contributed by atoms with Gasteiger partial charge in [0.1, 0.15) is 22.4 Å². The van der Waals surface area contributed by atoms with Crippen molar-refractivity contribution < 1.29 is 28.5 Å². The summed E-state index contributed by atoms with van der Waals surface area (Å²) in [6.07, 6.45) is -5.15. The van der Waals surface area contributed by atoms with Crippen molar-refractivity contribution in [1.29, 1.82) is 0 Å². The molecule has 13 heteroatoms. The number of nitrogens with zero attached hydrogens (tertiary/aromatic N) is 4. The molecule has 0 unspecified atom stereocenters. The van der Waals surface area contributed by atoms with Crippen molar-refractivity contribution in [3.05, 3.63) is 59.0 Å². The minimum Gasteiger partial charge on any atom is -0.396 e. The van der Waals surface area contributed by atoms with Gasteiger partial charge < -0.3 is 26.0 Å². The first-order chi connectivity index (χ1) is 19.0. The lowest BCUT2D eigenvalue weighted by molar-refractivity contribution is -0.144. The number of nitrogens with one attached hydrogen (secondary N) is 2. The molecule has 0 saturated heterocycles. The molecule has 4 aromatic rings. The molecule has 3 aromatic heterocycles. The van der Waals surface area contributed by atoms with E-state index in [0.717, 1.165) is 10.4 Å². The quantitative estimate of drug-likeness (QED) is 0.219. The van der Waals surface area contributed by atoms with Gasteiger partial charge in [0.2, 0.25) is 5.95 Å². The Bertz CT molecular complexity index is 1530. The summed E-state index contributed by atoms with van der Waals surface area (Å²) in [6.45, 7) is 4.76. The van der Waals surface area contributed by atoms with E-state index in [1.807, 2.05) is 13.0 Å². The highest BCUT2D eigenvalue weighted by molar-refractivity contribution is 7.21. The van der Waals surface area contributed by atoms with E-state index >= 15 is 0 Å². The van der Waals surface area contributed by atoms with Crippen molar-refractivity contribution in [3.63, 3.8) is 0 Å². The number of aliphatic hydroxyl groups excluding tert-OH is 3. The minimum atomic E-state index is -4.65. The number of benzene rings is 1.